The van der Waals surface area contributed by atoms with E-state index < -0.39 is 5.97 Å². The van der Waals surface area contributed by atoms with Crippen LogP contribution in [0.3, 0.4) is 0 Å². The number of hydrogen-bond acceptors (Lipinski definition) is 4. The minimum absolute atomic E-state index is 0.292. The van der Waals surface area contributed by atoms with Gasteiger partial charge in [-0.05, 0) is 37.3 Å². The van der Waals surface area contributed by atoms with Gasteiger partial charge in [0.15, 0.2) is 5.70 Å². The predicted molar refractivity (Wildman–Crippen MR) is 81.1 cm³/mol. The highest BCUT2D eigenvalue weighted by atomic mass is 35.5. The minimum atomic E-state index is -0.439. The van der Waals surface area contributed by atoms with Crippen LogP contribution in [0.1, 0.15) is 16.0 Å². The molecule has 2 heterocycles. The van der Waals surface area contributed by atoms with Gasteiger partial charge in [0.1, 0.15) is 0 Å². The largest absolute Gasteiger partial charge is 0.402 e. The van der Waals surface area contributed by atoms with E-state index in [0.29, 0.717) is 15.9 Å². The van der Waals surface area contributed by atoms with Crippen molar-refractivity contribution in [2.75, 3.05) is 0 Å². The summed E-state index contributed by atoms with van der Waals surface area (Å²) < 4.78 is 5.88. The van der Waals surface area contributed by atoms with Gasteiger partial charge >= 0.3 is 5.97 Å². The number of rotatable bonds is 2. The van der Waals surface area contributed by atoms with E-state index in [0.717, 1.165) is 16.0 Å². The van der Waals surface area contributed by atoms with E-state index in [-0.39, 0.29) is 0 Å². The number of esters is 1. The first-order chi connectivity index (χ1) is 9.61. The van der Waals surface area contributed by atoms with Crippen LogP contribution in [-0.2, 0) is 9.53 Å². The molecule has 3 rings (SSSR count). The number of ether oxygens (including phenoxy) is 1. The molecule has 0 spiro atoms. The number of aliphatic imine (C=N–C) groups is 1. The fraction of sp³-hybridized carbons (Fsp3) is 0.0667. The molecule has 0 amide bonds. The van der Waals surface area contributed by atoms with Crippen molar-refractivity contribution < 1.29 is 9.53 Å². The van der Waals surface area contributed by atoms with Gasteiger partial charge in [-0.25, -0.2) is 9.79 Å². The number of halogens is 1. The van der Waals surface area contributed by atoms with Gasteiger partial charge in [0.2, 0.25) is 5.90 Å². The molecule has 1 aliphatic heterocycles. The zero-order valence-corrected chi connectivity index (χ0v) is 12.2. The number of benzene rings is 1. The number of thiophene rings is 1. The first-order valence-electron chi connectivity index (χ1n) is 5.97. The molecule has 0 unspecified atom stereocenters. The monoisotopic (exact) mass is 303 g/mol. The van der Waals surface area contributed by atoms with Crippen LogP contribution >= 0.6 is 22.9 Å². The molecule has 0 radical (unpaired) electrons. The molecule has 0 saturated heterocycles. The Labute approximate surface area is 125 Å². The van der Waals surface area contributed by atoms with Gasteiger partial charge in [-0.1, -0.05) is 29.3 Å². The first kappa shape index (κ1) is 13.1. The van der Waals surface area contributed by atoms with Crippen molar-refractivity contribution in [1.29, 1.82) is 0 Å². The van der Waals surface area contributed by atoms with Gasteiger partial charge in [0.05, 0.1) is 4.34 Å². The van der Waals surface area contributed by atoms with Gasteiger partial charge in [0, 0.05) is 10.4 Å². The van der Waals surface area contributed by atoms with Crippen LogP contribution in [0.2, 0.25) is 4.34 Å². The Morgan fingerprint density at radius 1 is 1.30 bits per heavy atom. The minimum Gasteiger partial charge on any atom is -0.402 e. The molecule has 3 nitrogen and oxygen atoms in total. The van der Waals surface area contributed by atoms with E-state index in [1.54, 1.807) is 12.1 Å². The van der Waals surface area contributed by atoms with Crippen LogP contribution in [-0.4, -0.2) is 11.9 Å². The summed E-state index contributed by atoms with van der Waals surface area (Å²) in [4.78, 5) is 16.9. The third kappa shape index (κ3) is 2.66. The fourth-order valence-corrected chi connectivity index (χ4v) is 2.85. The fourth-order valence-electron chi connectivity index (χ4n) is 1.85. The summed E-state index contributed by atoms with van der Waals surface area (Å²) in [5.41, 5.74) is 2.18. The van der Waals surface area contributed by atoms with E-state index in [1.807, 2.05) is 37.3 Å². The average molecular weight is 304 g/mol. The zero-order chi connectivity index (χ0) is 14.1. The number of aryl methyl sites for hydroxylation is 1. The number of hydrogen-bond donors (Lipinski definition) is 0. The lowest BCUT2D eigenvalue weighted by Gasteiger charge is -1.99. The molecule has 0 fully saturated rings. The number of cyclic esters (lactones) is 1. The maximum Gasteiger partial charge on any atom is 0.363 e. The summed E-state index contributed by atoms with van der Waals surface area (Å²) >= 11 is 7.25. The normalized spacial score (nSPS) is 16.4. The summed E-state index contributed by atoms with van der Waals surface area (Å²) in [5, 5.41) is 0. The molecular formula is C15H10ClNO2S. The second kappa shape index (κ2) is 5.23. The second-order valence-corrected chi connectivity index (χ2v) is 6.09. The topological polar surface area (TPSA) is 38.7 Å². The maximum absolute atomic E-state index is 11.8. The van der Waals surface area contributed by atoms with Crippen molar-refractivity contribution in [1.82, 2.24) is 0 Å². The molecule has 5 heteroatoms. The molecule has 20 heavy (non-hydrogen) atoms. The molecule has 0 bridgehead atoms. The van der Waals surface area contributed by atoms with Crippen LogP contribution in [0.4, 0.5) is 0 Å². The Hall–Kier alpha value is -1.91. The molecule has 1 aromatic heterocycles. The highest BCUT2D eigenvalue weighted by Crippen LogP contribution is 2.26. The summed E-state index contributed by atoms with van der Waals surface area (Å²) in [6.45, 7) is 1.98. The van der Waals surface area contributed by atoms with Crippen LogP contribution in [0.5, 0.6) is 0 Å². The van der Waals surface area contributed by atoms with Crippen LogP contribution in [0.25, 0.3) is 6.08 Å². The van der Waals surface area contributed by atoms with Gasteiger partial charge in [-0.3, -0.25) is 0 Å². The van der Waals surface area contributed by atoms with Crippen molar-refractivity contribution >= 4 is 40.9 Å². The van der Waals surface area contributed by atoms with Gasteiger partial charge in [-0.2, -0.15) is 0 Å². The molecule has 2 aromatic rings. The molecule has 100 valence electrons. The van der Waals surface area contributed by atoms with Crippen molar-refractivity contribution in [3.63, 3.8) is 0 Å². The van der Waals surface area contributed by atoms with Crippen molar-refractivity contribution in [3.05, 3.63) is 62.4 Å². The average Bonchev–Trinajstić information content (AvgIpc) is 2.97. The summed E-state index contributed by atoms with van der Waals surface area (Å²) in [6.07, 6.45) is 1.68. The quantitative estimate of drug-likeness (QED) is 0.620. The molecule has 1 aromatic carbocycles. The van der Waals surface area contributed by atoms with Crippen molar-refractivity contribution in [3.8, 4) is 0 Å². The van der Waals surface area contributed by atoms with Gasteiger partial charge < -0.3 is 4.74 Å². The Balaban J connectivity index is 1.94. The molecule has 0 aliphatic carbocycles. The summed E-state index contributed by atoms with van der Waals surface area (Å²) in [5.74, 6) is -0.0985. The predicted octanol–water partition coefficient (Wildman–Crippen LogP) is 4.05. The van der Waals surface area contributed by atoms with Gasteiger partial charge in [0.25, 0.3) is 0 Å². The van der Waals surface area contributed by atoms with Crippen molar-refractivity contribution in [2.45, 2.75) is 6.92 Å². The number of nitrogens with zero attached hydrogens (tertiary/aromatic N) is 1. The molecular weight excluding hydrogens is 294 g/mol. The van der Waals surface area contributed by atoms with Crippen LogP contribution < -0.4 is 0 Å². The highest BCUT2D eigenvalue weighted by molar-refractivity contribution is 7.17. The summed E-state index contributed by atoms with van der Waals surface area (Å²) in [6, 6.07) is 11.3. The zero-order valence-electron chi connectivity index (χ0n) is 10.6. The van der Waals surface area contributed by atoms with E-state index in [9.17, 15) is 4.79 Å². The molecule has 0 saturated carbocycles. The molecule has 0 N–H and O–H groups in total. The smallest absolute Gasteiger partial charge is 0.363 e. The van der Waals surface area contributed by atoms with E-state index >= 15 is 0 Å². The van der Waals surface area contributed by atoms with Crippen LogP contribution in [0, 0.1) is 6.92 Å². The SMILES string of the molecule is Cc1cccc(C2=N/C(=C\c3ccc(Cl)s3)C(=O)O2)c1. The lowest BCUT2D eigenvalue weighted by Crippen LogP contribution is -2.05. The third-order valence-corrected chi connectivity index (χ3v) is 3.94. The highest BCUT2D eigenvalue weighted by Gasteiger charge is 2.24. The van der Waals surface area contributed by atoms with E-state index in [2.05, 4.69) is 4.99 Å². The van der Waals surface area contributed by atoms with Gasteiger partial charge in [-0.15, -0.1) is 11.3 Å². The maximum atomic E-state index is 11.8. The Morgan fingerprint density at radius 2 is 2.15 bits per heavy atom. The lowest BCUT2D eigenvalue weighted by atomic mass is 10.1. The lowest BCUT2D eigenvalue weighted by molar-refractivity contribution is -0.129. The summed E-state index contributed by atoms with van der Waals surface area (Å²) in [7, 11) is 0. The Kier molecular flexibility index (Phi) is 3.42. The standard InChI is InChI=1S/C15H10ClNO2S/c1-9-3-2-4-10(7-9)14-17-12(15(18)19-14)8-11-5-6-13(16)20-11/h2-8H,1H3/b12-8-. The number of carbonyl (C=O) groups is 1. The molecule has 1 aliphatic rings. The van der Waals surface area contributed by atoms with E-state index in [1.165, 1.54) is 11.3 Å². The number of carbonyl (C=O) groups excluding carboxylic acids is 1. The Morgan fingerprint density at radius 3 is 2.85 bits per heavy atom. The second-order valence-electron chi connectivity index (χ2n) is 4.35. The molecule has 0 atom stereocenters. The van der Waals surface area contributed by atoms with Crippen LogP contribution in [0.15, 0.2) is 47.1 Å². The van der Waals surface area contributed by atoms with Crippen molar-refractivity contribution in [2.24, 2.45) is 4.99 Å². The first-order valence-corrected chi connectivity index (χ1v) is 7.16. The van der Waals surface area contributed by atoms with E-state index in [4.69, 9.17) is 16.3 Å². The third-order valence-electron chi connectivity index (χ3n) is 2.76. The Bertz CT molecular complexity index is 746.